The number of pyridine rings is 1. The lowest BCUT2D eigenvalue weighted by atomic mass is 9.88. The van der Waals surface area contributed by atoms with Gasteiger partial charge in [-0.15, -0.1) is 0 Å². The maximum absolute atomic E-state index is 12.8. The van der Waals surface area contributed by atoms with Gasteiger partial charge in [-0.1, -0.05) is 35.7 Å². The maximum Gasteiger partial charge on any atom is 0.305 e. The van der Waals surface area contributed by atoms with Crippen LogP contribution in [-0.2, 0) is 22.4 Å². The van der Waals surface area contributed by atoms with Gasteiger partial charge in [0.25, 0.3) is 0 Å². The molecule has 3 heterocycles. The second kappa shape index (κ2) is 10.1. The summed E-state index contributed by atoms with van der Waals surface area (Å²) in [5.74, 6) is 0.00102. The SMILES string of the molecule is O=C(O)C[C@@H](c1cc(Cl)cc(Cl)c1)N1CC(CCCCc2ccc3c(n2)NCCC3)C1=O. The summed E-state index contributed by atoms with van der Waals surface area (Å²) in [4.78, 5) is 30.6. The third kappa shape index (κ3) is 5.36. The first-order chi connectivity index (χ1) is 15.4. The molecular weight excluding hydrogens is 449 g/mol. The van der Waals surface area contributed by atoms with Crippen LogP contribution in [0, 0.1) is 5.92 Å². The lowest BCUT2D eigenvalue weighted by Gasteiger charge is -2.43. The zero-order valence-corrected chi connectivity index (χ0v) is 19.3. The normalized spacial score (nSPS) is 18.5. The maximum atomic E-state index is 12.8. The first kappa shape index (κ1) is 22.9. The summed E-state index contributed by atoms with van der Waals surface area (Å²) < 4.78 is 0. The Morgan fingerprint density at radius 3 is 2.72 bits per heavy atom. The Hall–Kier alpha value is -2.31. The molecule has 2 aliphatic rings. The highest BCUT2D eigenvalue weighted by atomic mass is 35.5. The molecule has 2 N–H and O–H groups in total. The van der Waals surface area contributed by atoms with E-state index in [1.807, 2.05) is 0 Å². The molecule has 1 unspecified atom stereocenters. The Kier molecular flexibility index (Phi) is 7.21. The Labute approximate surface area is 197 Å². The molecule has 2 aromatic rings. The van der Waals surface area contributed by atoms with Crippen LogP contribution in [0.2, 0.25) is 10.0 Å². The number of rotatable bonds is 9. The minimum atomic E-state index is -0.964. The Balaban J connectivity index is 1.29. The number of likely N-dealkylation sites (tertiary alicyclic amines) is 1. The van der Waals surface area contributed by atoms with Crippen molar-refractivity contribution in [1.82, 2.24) is 9.88 Å². The molecule has 2 atom stereocenters. The first-order valence-electron chi connectivity index (χ1n) is 11.1. The van der Waals surface area contributed by atoms with Gasteiger partial charge < -0.3 is 15.3 Å². The molecule has 0 radical (unpaired) electrons. The predicted molar refractivity (Wildman–Crippen MR) is 125 cm³/mol. The third-order valence-electron chi connectivity index (χ3n) is 6.25. The van der Waals surface area contributed by atoms with E-state index in [-0.39, 0.29) is 18.2 Å². The number of hydrogen-bond donors (Lipinski definition) is 2. The molecule has 8 heteroatoms. The van der Waals surface area contributed by atoms with E-state index in [1.165, 1.54) is 5.56 Å². The van der Waals surface area contributed by atoms with Crippen molar-refractivity contribution in [2.75, 3.05) is 18.4 Å². The van der Waals surface area contributed by atoms with E-state index in [4.69, 9.17) is 28.2 Å². The second-order valence-corrected chi connectivity index (χ2v) is 9.46. The molecule has 1 saturated heterocycles. The molecule has 4 rings (SSSR count). The number of β-lactam (4-membered cyclic amide) rings is 1. The van der Waals surface area contributed by atoms with E-state index < -0.39 is 12.0 Å². The Bertz CT molecular complexity index is 994. The van der Waals surface area contributed by atoms with E-state index in [0.29, 0.717) is 22.2 Å². The summed E-state index contributed by atoms with van der Waals surface area (Å²) in [6.45, 7) is 1.54. The minimum absolute atomic E-state index is 0.00320. The number of fused-ring (bicyclic) bond motifs is 1. The number of nitrogens with zero attached hydrogens (tertiary/aromatic N) is 2. The molecule has 32 heavy (non-hydrogen) atoms. The number of benzene rings is 1. The van der Waals surface area contributed by atoms with Crippen molar-refractivity contribution in [3.63, 3.8) is 0 Å². The van der Waals surface area contributed by atoms with E-state index >= 15 is 0 Å². The number of carbonyl (C=O) groups is 2. The van der Waals surface area contributed by atoms with Crippen molar-refractivity contribution >= 4 is 40.9 Å². The molecule has 2 aliphatic heterocycles. The van der Waals surface area contributed by atoms with Crippen molar-refractivity contribution in [1.29, 1.82) is 0 Å². The van der Waals surface area contributed by atoms with Crippen molar-refractivity contribution in [2.45, 2.75) is 51.0 Å². The summed E-state index contributed by atoms with van der Waals surface area (Å²) in [6.07, 6.45) is 5.66. The number of anilines is 1. The van der Waals surface area contributed by atoms with Gasteiger partial charge in [-0.3, -0.25) is 9.59 Å². The van der Waals surface area contributed by atoms with Gasteiger partial charge in [-0.2, -0.15) is 0 Å². The zero-order chi connectivity index (χ0) is 22.7. The topological polar surface area (TPSA) is 82.5 Å². The highest BCUT2D eigenvalue weighted by Crippen LogP contribution is 2.36. The summed E-state index contributed by atoms with van der Waals surface area (Å²) in [7, 11) is 0. The van der Waals surface area contributed by atoms with Crippen LogP contribution in [-0.4, -0.2) is 40.0 Å². The van der Waals surface area contributed by atoms with E-state index in [9.17, 15) is 14.7 Å². The van der Waals surface area contributed by atoms with Gasteiger partial charge in [0.1, 0.15) is 5.82 Å². The highest BCUT2D eigenvalue weighted by Gasteiger charge is 2.41. The second-order valence-electron chi connectivity index (χ2n) is 8.59. The van der Waals surface area contributed by atoms with Crippen LogP contribution < -0.4 is 5.32 Å². The van der Waals surface area contributed by atoms with Crippen molar-refractivity contribution < 1.29 is 14.7 Å². The Morgan fingerprint density at radius 1 is 1.22 bits per heavy atom. The highest BCUT2D eigenvalue weighted by molar-refractivity contribution is 6.34. The van der Waals surface area contributed by atoms with E-state index in [2.05, 4.69) is 17.4 Å². The lowest BCUT2D eigenvalue weighted by Crippen LogP contribution is -2.54. The molecular formula is C24H27Cl2N3O3. The van der Waals surface area contributed by atoms with Crippen LogP contribution in [0.3, 0.4) is 0 Å². The van der Waals surface area contributed by atoms with E-state index in [1.54, 1.807) is 23.1 Å². The van der Waals surface area contributed by atoms with Crippen LogP contribution >= 0.6 is 23.2 Å². The number of nitrogens with one attached hydrogen (secondary N) is 1. The fourth-order valence-electron chi connectivity index (χ4n) is 4.57. The number of carboxylic acid groups (broad SMARTS) is 1. The summed E-state index contributed by atoms with van der Waals surface area (Å²) in [5, 5.41) is 13.6. The number of aliphatic carboxylic acids is 1. The largest absolute Gasteiger partial charge is 0.481 e. The van der Waals surface area contributed by atoms with E-state index in [0.717, 1.165) is 56.6 Å². The van der Waals surface area contributed by atoms with Gasteiger partial charge in [0.15, 0.2) is 0 Å². The molecule has 0 spiro atoms. The molecule has 1 amide bonds. The van der Waals surface area contributed by atoms with Gasteiger partial charge >= 0.3 is 5.97 Å². The quantitative estimate of drug-likeness (QED) is 0.387. The molecule has 0 aliphatic carbocycles. The van der Waals surface area contributed by atoms with Crippen molar-refractivity contribution in [3.05, 3.63) is 57.2 Å². The number of amides is 1. The fraction of sp³-hybridized carbons (Fsp3) is 0.458. The minimum Gasteiger partial charge on any atom is -0.481 e. The first-order valence-corrected chi connectivity index (χ1v) is 11.9. The van der Waals surface area contributed by atoms with Gasteiger partial charge in [0.2, 0.25) is 5.91 Å². The van der Waals surface area contributed by atoms with Crippen molar-refractivity contribution in [2.24, 2.45) is 5.92 Å². The predicted octanol–water partition coefficient (Wildman–Crippen LogP) is 5.13. The monoisotopic (exact) mass is 475 g/mol. The molecule has 0 bridgehead atoms. The van der Waals surface area contributed by atoms with Crippen LogP contribution in [0.15, 0.2) is 30.3 Å². The average molecular weight is 476 g/mol. The molecule has 1 aromatic carbocycles. The fourth-order valence-corrected chi connectivity index (χ4v) is 5.11. The third-order valence-corrected chi connectivity index (χ3v) is 6.69. The zero-order valence-electron chi connectivity index (χ0n) is 17.8. The van der Waals surface area contributed by atoms with Gasteiger partial charge in [0, 0.05) is 28.8 Å². The molecule has 1 fully saturated rings. The summed E-state index contributed by atoms with van der Waals surface area (Å²) in [6, 6.07) is 8.68. The Morgan fingerprint density at radius 2 is 2.00 bits per heavy atom. The number of hydrogen-bond acceptors (Lipinski definition) is 4. The van der Waals surface area contributed by atoms with Crippen LogP contribution in [0.1, 0.15) is 55.0 Å². The summed E-state index contributed by atoms with van der Waals surface area (Å²) >= 11 is 12.2. The molecule has 170 valence electrons. The number of carbonyl (C=O) groups excluding carboxylic acids is 1. The molecule has 1 aromatic heterocycles. The van der Waals surface area contributed by atoms with Gasteiger partial charge in [-0.25, -0.2) is 4.98 Å². The number of halogens is 2. The van der Waals surface area contributed by atoms with Crippen LogP contribution in [0.5, 0.6) is 0 Å². The smallest absolute Gasteiger partial charge is 0.305 e. The standard InChI is InChI=1S/C24H27Cl2N3O3/c25-18-10-17(11-19(26)12-18)21(13-22(30)31)29-14-16(24(29)32)4-1-2-6-20-8-7-15-5-3-9-27-23(15)28-20/h7-8,10-12,16,21H,1-6,9,13-14H2,(H,27,28)(H,30,31)/t16?,21-/m0/s1. The molecule has 6 nitrogen and oxygen atoms in total. The number of unbranched alkanes of at least 4 members (excludes halogenated alkanes) is 1. The average Bonchev–Trinajstić information content (AvgIpc) is 2.75. The number of carboxylic acids is 1. The number of aromatic nitrogens is 1. The summed E-state index contributed by atoms with van der Waals surface area (Å²) in [5.41, 5.74) is 3.03. The lowest BCUT2D eigenvalue weighted by molar-refractivity contribution is -0.154. The van der Waals surface area contributed by atoms with Gasteiger partial charge in [-0.05, 0) is 67.5 Å². The van der Waals surface area contributed by atoms with Crippen LogP contribution in [0.25, 0.3) is 0 Å². The number of aryl methyl sites for hydroxylation is 2. The molecule has 0 saturated carbocycles. The van der Waals surface area contributed by atoms with Gasteiger partial charge in [0.05, 0.1) is 18.4 Å². The van der Waals surface area contributed by atoms with Crippen molar-refractivity contribution in [3.8, 4) is 0 Å². The van der Waals surface area contributed by atoms with Crippen LogP contribution in [0.4, 0.5) is 5.82 Å².